The molecule has 3 nitrogen and oxygen atoms in total. The van der Waals surface area contributed by atoms with Crippen molar-refractivity contribution in [1.82, 2.24) is 5.32 Å². The van der Waals surface area contributed by atoms with Crippen molar-refractivity contribution >= 4 is 5.91 Å². The van der Waals surface area contributed by atoms with E-state index in [2.05, 4.69) is 37.4 Å². The Morgan fingerprint density at radius 3 is 2.33 bits per heavy atom. The highest BCUT2D eigenvalue weighted by Gasteiger charge is 2.21. The molecule has 0 aromatic heterocycles. The minimum absolute atomic E-state index is 0.154. The van der Waals surface area contributed by atoms with Gasteiger partial charge in [-0.1, -0.05) is 29.3 Å². The number of carbonyl (C=O) groups is 1. The maximum atomic E-state index is 12.0. The van der Waals surface area contributed by atoms with Gasteiger partial charge in [-0.05, 0) is 57.4 Å². The zero-order valence-corrected chi connectivity index (χ0v) is 13.2. The smallest absolute Gasteiger partial charge is 0.220 e. The maximum absolute atomic E-state index is 12.0. The SMILES string of the molecule is Cc1cc(C)cc(CCC(=O)NC2CCC(CO)CC2)c1. The summed E-state index contributed by atoms with van der Waals surface area (Å²) in [4.78, 5) is 12.0. The van der Waals surface area contributed by atoms with E-state index in [1.165, 1.54) is 16.7 Å². The van der Waals surface area contributed by atoms with Gasteiger partial charge in [-0.2, -0.15) is 0 Å². The molecule has 0 bridgehead atoms. The van der Waals surface area contributed by atoms with Gasteiger partial charge in [0.25, 0.3) is 0 Å². The number of aryl methyl sites for hydroxylation is 3. The van der Waals surface area contributed by atoms with Crippen molar-refractivity contribution in [3.63, 3.8) is 0 Å². The Labute approximate surface area is 127 Å². The van der Waals surface area contributed by atoms with Gasteiger partial charge in [-0.3, -0.25) is 4.79 Å². The summed E-state index contributed by atoms with van der Waals surface area (Å²) in [6.07, 6.45) is 5.42. The molecule has 0 saturated heterocycles. The van der Waals surface area contributed by atoms with Crippen LogP contribution in [0.3, 0.4) is 0 Å². The van der Waals surface area contributed by atoms with Gasteiger partial charge in [0, 0.05) is 19.1 Å². The first kappa shape index (κ1) is 16.0. The number of benzene rings is 1. The number of nitrogens with one attached hydrogen (secondary N) is 1. The zero-order valence-electron chi connectivity index (χ0n) is 13.2. The molecular formula is C18H27NO2. The average Bonchev–Trinajstić information content (AvgIpc) is 2.45. The summed E-state index contributed by atoms with van der Waals surface area (Å²) >= 11 is 0. The highest BCUT2D eigenvalue weighted by molar-refractivity contribution is 5.76. The van der Waals surface area contributed by atoms with Gasteiger partial charge in [0.1, 0.15) is 0 Å². The number of aliphatic hydroxyl groups excluding tert-OH is 1. The number of hydrogen-bond donors (Lipinski definition) is 2. The number of hydrogen-bond acceptors (Lipinski definition) is 2. The van der Waals surface area contributed by atoms with Crippen molar-refractivity contribution in [1.29, 1.82) is 0 Å². The van der Waals surface area contributed by atoms with E-state index in [4.69, 9.17) is 5.11 Å². The predicted molar refractivity (Wildman–Crippen MR) is 85.2 cm³/mol. The van der Waals surface area contributed by atoms with Gasteiger partial charge in [-0.15, -0.1) is 0 Å². The molecule has 1 aromatic rings. The van der Waals surface area contributed by atoms with Gasteiger partial charge < -0.3 is 10.4 Å². The van der Waals surface area contributed by atoms with E-state index < -0.39 is 0 Å². The Hall–Kier alpha value is -1.35. The van der Waals surface area contributed by atoms with E-state index in [9.17, 15) is 4.79 Å². The molecule has 1 fully saturated rings. The van der Waals surface area contributed by atoms with Gasteiger partial charge in [0.15, 0.2) is 0 Å². The molecule has 116 valence electrons. The van der Waals surface area contributed by atoms with Crippen LogP contribution in [0.2, 0.25) is 0 Å². The summed E-state index contributed by atoms with van der Waals surface area (Å²) in [6.45, 7) is 4.47. The fraction of sp³-hybridized carbons (Fsp3) is 0.611. The minimum atomic E-state index is 0.154. The molecule has 1 aromatic carbocycles. The summed E-state index contributed by atoms with van der Waals surface area (Å²) in [5.41, 5.74) is 3.76. The fourth-order valence-corrected chi connectivity index (χ4v) is 3.26. The molecule has 2 N–H and O–H groups in total. The van der Waals surface area contributed by atoms with Crippen molar-refractivity contribution < 1.29 is 9.90 Å². The molecule has 0 spiro atoms. The first-order valence-corrected chi connectivity index (χ1v) is 8.04. The molecule has 3 heteroatoms. The van der Waals surface area contributed by atoms with Crippen LogP contribution < -0.4 is 5.32 Å². The third-order valence-electron chi connectivity index (χ3n) is 4.39. The standard InChI is InChI=1S/C18H27NO2/c1-13-9-14(2)11-16(10-13)5-8-18(21)19-17-6-3-15(12-20)4-7-17/h9-11,15,17,20H,3-8,12H2,1-2H3,(H,19,21). The first-order valence-electron chi connectivity index (χ1n) is 8.04. The Balaban J connectivity index is 1.75. The van der Waals surface area contributed by atoms with Crippen molar-refractivity contribution in [2.75, 3.05) is 6.61 Å². The monoisotopic (exact) mass is 289 g/mol. The maximum Gasteiger partial charge on any atom is 0.220 e. The van der Waals surface area contributed by atoms with Crippen molar-refractivity contribution in [3.8, 4) is 0 Å². The second-order valence-corrected chi connectivity index (χ2v) is 6.46. The highest BCUT2D eigenvalue weighted by Crippen LogP contribution is 2.23. The number of carbonyl (C=O) groups excluding carboxylic acids is 1. The van der Waals surface area contributed by atoms with Crippen LogP contribution in [0.4, 0.5) is 0 Å². The van der Waals surface area contributed by atoms with Crippen molar-refractivity contribution in [2.45, 2.75) is 58.4 Å². The van der Waals surface area contributed by atoms with Crippen LogP contribution in [0.1, 0.15) is 48.8 Å². The highest BCUT2D eigenvalue weighted by atomic mass is 16.3. The van der Waals surface area contributed by atoms with Crippen LogP contribution in [0.25, 0.3) is 0 Å². The molecule has 0 unspecified atom stereocenters. The Bertz CT molecular complexity index is 456. The van der Waals surface area contributed by atoms with Gasteiger partial charge in [-0.25, -0.2) is 0 Å². The normalized spacial score (nSPS) is 22.0. The van der Waals surface area contributed by atoms with E-state index in [0.29, 0.717) is 18.4 Å². The van der Waals surface area contributed by atoms with E-state index in [1.54, 1.807) is 0 Å². The lowest BCUT2D eigenvalue weighted by molar-refractivity contribution is -0.122. The van der Waals surface area contributed by atoms with Crippen molar-refractivity contribution in [3.05, 3.63) is 34.9 Å². The quantitative estimate of drug-likeness (QED) is 0.875. The Morgan fingerprint density at radius 2 is 1.76 bits per heavy atom. The summed E-state index contributed by atoms with van der Waals surface area (Å²) in [5, 5.41) is 12.3. The Morgan fingerprint density at radius 1 is 1.14 bits per heavy atom. The molecule has 21 heavy (non-hydrogen) atoms. The van der Waals surface area contributed by atoms with Crippen LogP contribution >= 0.6 is 0 Å². The lowest BCUT2D eigenvalue weighted by Crippen LogP contribution is -2.38. The molecule has 1 aliphatic rings. The zero-order chi connectivity index (χ0) is 15.2. The summed E-state index contributed by atoms with van der Waals surface area (Å²) in [6, 6.07) is 6.78. The lowest BCUT2D eigenvalue weighted by atomic mass is 9.86. The van der Waals surface area contributed by atoms with Crippen LogP contribution in [-0.2, 0) is 11.2 Å². The molecule has 1 aliphatic carbocycles. The molecule has 1 amide bonds. The topological polar surface area (TPSA) is 49.3 Å². The fourth-order valence-electron chi connectivity index (χ4n) is 3.26. The average molecular weight is 289 g/mol. The molecule has 2 rings (SSSR count). The van der Waals surface area contributed by atoms with Crippen LogP contribution in [0, 0.1) is 19.8 Å². The minimum Gasteiger partial charge on any atom is -0.396 e. The summed E-state index contributed by atoms with van der Waals surface area (Å²) in [7, 11) is 0. The summed E-state index contributed by atoms with van der Waals surface area (Å²) in [5.74, 6) is 0.593. The molecule has 0 aliphatic heterocycles. The van der Waals surface area contributed by atoms with Crippen LogP contribution in [0.15, 0.2) is 18.2 Å². The number of rotatable bonds is 5. The van der Waals surface area contributed by atoms with Crippen LogP contribution in [-0.4, -0.2) is 23.7 Å². The number of aliphatic hydroxyl groups is 1. The molecule has 0 heterocycles. The third kappa shape index (κ3) is 5.16. The van der Waals surface area contributed by atoms with E-state index in [-0.39, 0.29) is 12.5 Å². The van der Waals surface area contributed by atoms with E-state index in [0.717, 1.165) is 32.1 Å². The molecule has 0 radical (unpaired) electrons. The van der Waals surface area contributed by atoms with Crippen LogP contribution in [0.5, 0.6) is 0 Å². The number of amides is 1. The Kier molecular flexibility index (Phi) is 5.80. The molecular weight excluding hydrogens is 262 g/mol. The van der Waals surface area contributed by atoms with Gasteiger partial charge in [0.05, 0.1) is 0 Å². The van der Waals surface area contributed by atoms with E-state index in [1.807, 2.05) is 0 Å². The second-order valence-electron chi connectivity index (χ2n) is 6.46. The largest absolute Gasteiger partial charge is 0.396 e. The lowest BCUT2D eigenvalue weighted by Gasteiger charge is -2.28. The molecule has 1 saturated carbocycles. The summed E-state index contributed by atoms with van der Waals surface area (Å²) < 4.78 is 0. The van der Waals surface area contributed by atoms with Crippen molar-refractivity contribution in [2.24, 2.45) is 5.92 Å². The first-order chi connectivity index (χ1) is 10.1. The third-order valence-corrected chi connectivity index (χ3v) is 4.39. The van der Waals surface area contributed by atoms with Gasteiger partial charge >= 0.3 is 0 Å². The van der Waals surface area contributed by atoms with Gasteiger partial charge in [0.2, 0.25) is 5.91 Å². The predicted octanol–water partition coefficient (Wildman–Crippen LogP) is 2.90. The second kappa shape index (κ2) is 7.60. The molecule has 0 atom stereocenters. The van der Waals surface area contributed by atoms with E-state index >= 15 is 0 Å².